The Balaban J connectivity index is 1.25. The molecule has 0 fully saturated rings. The van der Waals surface area contributed by atoms with E-state index < -0.39 is 13.7 Å². The first-order valence-corrected chi connectivity index (χ1v) is 17.7. The zero-order valence-corrected chi connectivity index (χ0v) is 29.1. The van der Waals surface area contributed by atoms with Gasteiger partial charge in [0.2, 0.25) is 0 Å². The quantitative estimate of drug-likeness (QED) is 0.180. The van der Waals surface area contributed by atoms with E-state index in [0.717, 1.165) is 55.7 Å². The Hall–Kier alpha value is -7.04. The summed E-state index contributed by atoms with van der Waals surface area (Å²) in [4.78, 5) is 10.1. The molecule has 0 aliphatic rings. The average Bonchev–Trinajstić information content (AvgIpc) is 3.66. The number of phenolic OH excluding ortho intramolecular Hbond substituents is 1. The molecular formula is C50H37N3O. The largest absolute Gasteiger partial charge is 0.507 e. The lowest BCUT2D eigenvalue weighted by Gasteiger charge is -2.14. The molecule has 0 bridgehead atoms. The molecule has 0 atom stereocenters. The number of phenols is 1. The van der Waals surface area contributed by atoms with Crippen molar-refractivity contribution in [2.24, 2.45) is 0 Å². The Morgan fingerprint density at radius 1 is 0.500 bits per heavy atom. The van der Waals surface area contributed by atoms with Crippen LogP contribution in [0, 0.1) is 13.7 Å². The molecule has 0 saturated carbocycles. The van der Waals surface area contributed by atoms with Crippen molar-refractivity contribution in [3.8, 4) is 78.6 Å². The monoisotopic (exact) mass is 701 g/mol. The van der Waals surface area contributed by atoms with E-state index in [4.69, 9.17) is 18.2 Å². The van der Waals surface area contributed by atoms with Crippen molar-refractivity contribution in [1.29, 1.82) is 0 Å². The lowest BCUT2D eigenvalue weighted by molar-refractivity contribution is 0.477. The normalized spacial score (nSPS) is 13.3. The van der Waals surface area contributed by atoms with Crippen LogP contribution in [0.15, 0.2) is 182 Å². The minimum atomic E-state index is -2.42. The number of benzene rings is 7. The van der Waals surface area contributed by atoms with E-state index in [9.17, 15) is 5.11 Å². The van der Waals surface area contributed by atoms with Crippen LogP contribution < -0.4 is 0 Å². The summed E-state index contributed by atoms with van der Waals surface area (Å²) >= 11 is 0. The molecular weight excluding hydrogens is 659 g/mol. The Kier molecular flexibility index (Phi) is 6.84. The zero-order valence-electron chi connectivity index (χ0n) is 35.1. The molecule has 258 valence electrons. The van der Waals surface area contributed by atoms with E-state index in [1.807, 2.05) is 114 Å². The average molecular weight is 702 g/mol. The van der Waals surface area contributed by atoms with Crippen molar-refractivity contribution in [2.75, 3.05) is 0 Å². The van der Waals surface area contributed by atoms with Gasteiger partial charge in [-0.1, -0.05) is 121 Å². The van der Waals surface area contributed by atoms with Crippen LogP contribution in [0.25, 0.3) is 83.9 Å². The molecule has 0 radical (unpaired) electrons. The smallest absolute Gasteiger partial charge is 0.149 e. The molecule has 0 saturated heterocycles. The van der Waals surface area contributed by atoms with Crippen LogP contribution in [0.1, 0.15) is 19.4 Å². The summed E-state index contributed by atoms with van der Waals surface area (Å²) in [5.74, 6) is 0.498. The van der Waals surface area contributed by atoms with Crippen molar-refractivity contribution in [3.63, 3.8) is 0 Å². The maximum atomic E-state index is 11.2. The highest BCUT2D eigenvalue weighted by molar-refractivity contribution is 5.97. The fourth-order valence-corrected chi connectivity index (χ4v) is 7.14. The highest BCUT2D eigenvalue weighted by atomic mass is 16.3. The van der Waals surface area contributed by atoms with Gasteiger partial charge in [-0.3, -0.25) is 9.55 Å². The van der Waals surface area contributed by atoms with Gasteiger partial charge in [-0.15, -0.1) is 0 Å². The van der Waals surface area contributed by atoms with Crippen molar-refractivity contribution >= 4 is 11.0 Å². The van der Waals surface area contributed by atoms with E-state index in [-0.39, 0.29) is 16.9 Å². The number of rotatable bonds is 7. The van der Waals surface area contributed by atoms with Crippen LogP contribution in [0.3, 0.4) is 0 Å². The number of fused-ring (bicyclic) bond motifs is 1. The fraction of sp³-hybridized carbons (Fsp3) is 0.0400. The Morgan fingerprint density at radius 3 is 1.98 bits per heavy atom. The standard InChI is InChI=1S/C50H37N3O/c1-33-20-22-36(23-21-33)38-26-27-51-46(32-38)41-30-39(35-12-5-3-6-13-35)29-40(31-41)44-17-11-18-47-49(44)52-50(45-16-9-10-19-48(45)54)53(47)42-24-25-43(34(2)28-42)37-14-7-4-8-15-37/h3-32,54H,1-2H3/i1D3,2D3. The lowest BCUT2D eigenvalue weighted by atomic mass is 9.93. The molecule has 9 rings (SSSR count). The molecule has 54 heavy (non-hydrogen) atoms. The van der Waals surface area contributed by atoms with E-state index in [1.165, 1.54) is 0 Å². The highest BCUT2D eigenvalue weighted by Gasteiger charge is 2.21. The minimum absolute atomic E-state index is 0.0416. The number of hydrogen-bond donors (Lipinski definition) is 1. The lowest BCUT2D eigenvalue weighted by Crippen LogP contribution is -1.99. The molecule has 0 aliphatic heterocycles. The second-order valence-corrected chi connectivity index (χ2v) is 13.2. The third-order valence-corrected chi connectivity index (χ3v) is 9.80. The molecule has 0 unspecified atom stereocenters. The number of aromatic nitrogens is 3. The first-order valence-electron chi connectivity index (χ1n) is 20.7. The van der Waals surface area contributed by atoms with Crippen LogP contribution in [-0.2, 0) is 0 Å². The molecule has 4 nitrogen and oxygen atoms in total. The summed E-state index contributed by atoms with van der Waals surface area (Å²) in [5, 5.41) is 11.2. The fourth-order valence-electron chi connectivity index (χ4n) is 7.14. The van der Waals surface area contributed by atoms with Gasteiger partial charge in [0.15, 0.2) is 0 Å². The van der Waals surface area contributed by atoms with Gasteiger partial charge in [0.25, 0.3) is 0 Å². The van der Waals surface area contributed by atoms with Gasteiger partial charge >= 0.3 is 0 Å². The van der Waals surface area contributed by atoms with Crippen molar-refractivity contribution in [3.05, 3.63) is 193 Å². The number of para-hydroxylation sites is 2. The highest BCUT2D eigenvalue weighted by Crippen LogP contribution is 2.40. The first-order chi connectivity index (χ1) is 28.9. The predicted octanol–water partition coefficient (Wildman–Crippen LogP) is 12.7. The molecule has 0 aliphatic carbocycles. The molecule has 9 aromatic rings. The van der Waals surface area contributed by atoms with Crippen LogP contribution in [0.2, 0.25) is 0 Å². The van der Waals surface area contributed by atoms with Gasteiger partial charge < -0.3 is 5.11 Å². The van der Waals surface area contributed by atoms with Gasteiger partial charge in [-0.2, -0.15) is 0 Å². The maximum Gasteiger partial charge on any atom is 0.149 e. The molecule has 0 amide bonds. The molecule has 0 spiro atoms. The number of hydrogen-bond acceptors (Lipinski definition) is 3. The van der Waals surface area contributed by atoms with Gasteiger partial charge in [0, 0.05) is 31.2 Å². The third kappa shape index (κ3) is 6.14. The summed E-state index contributed by atoms with van der Waals surface area (Å²) in [5.41, 5.74) is 11.4. The van der Waals surface area contributed by atoms with Crippen molar-refractivity contribution in [2.45, 2.75) is 13.7 Å². The van der Waals surface area contributed by atoms with Gasteiger partial charge in [-0.25, -0.2) is 4.98 Å². The molecule has 4 heteroatoms. The number of nitrogens with zero attached hydrogens (tertiary/aromatic N) is 3. The maximum absolute atomic E-state index is 11.2. The zero-order chi connectivity index (χ0) is 41.6. The first kappa shape index (κ1) is 26.7. The van der Waals surface area contributed by atoms with Crippen molar-refractivity contribution in [1.82, 2.24) is 14.5 Å². The van der Waals surface area contributed by atoms with Crippen LogP contribution in [0.5, 0.6) is 5.75 Å². The summed E-state index contributed by atoms with van der Waals surface area (Å²) in [6.07, 6.45) is 1.76. The number of pyridine rings is 1. The Labute approximate surface area is 323 Å². The summed E-state index contributed by atoms with van der Waals surface area (Å²) in [6, 6.07) is 55.2. The van der Waals surface area contributed by atoms with Crippen LogP contribution in [-0.4, -0.2) is 19.6 Å². The predicted molar refractivity (Wildman–Crippen MR) is 223 cm³/mol. The SMILES string of the molecule is [2H]C([2H])([2H])c1ccc(-c2ccnc(-c3cc(-c4ccccc4)cc(-c4cccc5c4nc(-c4ccccc4O)n5-c4ccc(-c5ccccc5)c(C([2H])([2H])[2H])c4)c3)c2)cc1. The second-order valence-electron chi connectivity index (χ2n) is 13.2. The molecule has 1 N–H and O–H groups in total. The van der Waals surface area contributed by atoms with E-state index >= 15 is 0 Å². The summed E-state index contributed by atoms with van der Waals surface area (Å²) in [6.45, 7) is -4.61. The molecule has 2 heterocycles. The Morgan fingerprint density at radius 2 is 1.20 bits per heavy atom. The number of imidazole rings is 1. The molecule has 7 aromatic carbocycles. The van der Waals surface area contributed by atoms with E-state index in [2.05, 4.69) is 30.3 Å². The number of aromatic hydroxyl groups is 1. The van der Waals surface area contributed by atoms with Gasteiger partial charge in [0.1, 0.15) is 11.6 Å². The second kappa shape index (κ2) is 13.8. The van der Waals surface area contributed by atoms with E-state index in [0.29, 0.717) is 28.2 Å². The van der Waals surface area contributed by atoms with Crippen LogP contribution >= 0.6 is 0 Å². The third-order valence-electron chi connectivity index (χ3n) is 9.80. The Bertz CT molecular complexity index is 3010. The van der Waals surface area contributed by atoms with Crippen LogP contribution in [0.4, 0.5) is 0 Å². The van der Waals surface area contributed by atoms with E-state index in [1.54, 1.807) is 42.6 Å². The summed E-state index contributed by atoms with van der Waals surface area (Å²) in [7, 11) is 0. The van der Waals surface area contributed by atoms with Gasteiger partial charge in [-0.05, 0) is 119 Å². The molecule has 2 aromatic heterocycles. The topological polar surface area (TPSA) is 50.9 Å². The number of aryl methyl sites for hydroxylation is 2. The summed E-state index contributed by atoms with van der Waals surface area (Å²) < 4.78 is 51.0. The minimum Gasteiger partial charge on any atom is -0.507 e. The van der Waals surface area contributed by atoms with Gasteiger partial charge in [0.05, 0.1) is 22.3 Å². The van der Waals surface area contributed by atoms with Crippen molar-refractivity contribution < 1.29 is 13.3 Å².